The van der Waals surface area contributed by atoms with E-state index in [0.717, 1.165) is 12.5 Å². The van der Waals surface area contributed by atoms with Gasteiger partial charge in [0.05, 0.1) is 4.90 Å². The Morgan fingerprint density at radius 1 is 1.17 bits per heavy atom. The summed E-state index contributed by atoms with van der Waals surface area (Å²) in [6, 6.07) is 7.17. The van der Waals surface area contributed by atoms with Gasteiger partial charge in [0, 0.05) is 26.7 Å². The molecule has 1 N–H and O–H groups in total. The second-order valence-corrected chi connectivity index (χ2v) is 9.09. The van der Waals surface area contributed by atoms with Gasteiger partial charge in [-0.05, 0) is 42.5 Å². The van der Waals surface area contributed by atoms with Crippen molar-refractivity contribution in [3.8, 4) is 5.75 Å². The van der Waals surface area contributed by atoms with Gasteiger partial charge in [-0.25, -0.2) is 12.7 Å². The van der Waals surface area contributed by atoms with Crippen molar-refractivity contribution in [3.05, 3.63) is 24.3 Å². The van der Waals surface area contributed by atoms with Crippen molar-refractivity contribution < 1.29 is 13.2 Å². The minimum absolute atomic E-state index is 0.281. The van der Waals surface area contributed by atoms with Gasteiger partial charge in [-0.2, -0.15) is 0 Å². The predicted octanol–water partition coefficient (Wildman–Crippen LogP) is 2.73. The lowest BCUT2D eigenvalue weighted by Crippen LogP contribution is -2.42. The summed E-state index contributed by atoms with van der Waals surface area (Å²) in [5.41, 5.74) is 0. The normalized spacial score (nSPS) is 25.0. The third-order valence-corrected chi connectivity index (χ3v) is 6.92. The molecule has 0 amide bonds. The van der Waals surface area contributed by atoms with Gasteiger partial charge in [0.2, 0.25) is 10.0 Å². The van der Waals surface area contributed by atoms with Crippen LogP contribution in [0.25, 0.3) is 0 Å². The first-order valence-electron chi connectivity index (χ1n) is 8.71. The Labute approximate surface area is 146 Å². The van der Waals surface area contributed by atoms with Crippen molar-refractivity contribution in [3.63, 3.8) is 0 Å². The summed E-state index contributed by atoms with van der Waals surface area (Å²) in [6.07, 6.45) is 3.87. The van der Waals surface area contributed by atoms with Crippen LogP contribution in [0.4, 0.5) is 0 Å². The molecule has 1 saturated carbocycles. The van der Waals surface area contributed by atoms with Gasteiger partial charge >= 0.3 is 0 Å². The molecule has 0 radical (unpaired) electrons. The van der Waals surface area contributed by atoms with Crippen LogP contribution in [-0.4, -0.2) is 46.0 Å². The molecular weight excluding hydrogens is 324 g/mol. The van der Waals surface area contributed by atoms with E-state index in [1.54, 1.807) is 24.3 Å². The van der Waals surface area contributed by atoms with Gasteiger partial charge in [-0.1, -0.05) is 26.7 Å². The Morgan fingerprint density at radius 2 is 1.83 bits per heavy atom. The maximum atomic E-state index is 12.0. The maximum absolute atomic E-state index is 12.0. The number of benzene rings is 1. The Bertz CT molecular complexity index is 614. The van der Waals surface area contributed by atoms with Crippen LogP contribution in [-0.2, 0) is 10.0 Å². The number of rotatable bonds is 7. The van der Waals surface area contributed by atoms with Gasteiger partial charge in [0.1, 0.15) is 12.4 Å². The zero-order chi connectivity index (χ0) is 17.7. The smallest absolute Gasteiger partial charge is 0.242 e. The van der Waals surface area contributed by atoms with Gasteiger partial charge in [0.25, 0.3) is 0 Å². The van der Waals surface area contributed by atoms with E-state index >= 15 is 0 Å². The number of hydrogen-bond donors (Lipinski definition) is 1. The molecule has 0 spiro atoms. The number of hydrogen-bond acceptors (Lipinski definition) is 4. The molecule has 1 aromatic rings. The lowest BCUT2D eigenvalue weighted by Gasteiger charge is -2.34. The second-order valence-electron chi connectivity index (χ2n) is 6.94. The van der Waals surface area contributed by atoms with Gasteiger partial charge in [-0.3, -0.25) is 0 Å². The van der Waals surface area contributed by atoms with Crippen molar-refractivity contribution in [2.75, 3.05) is 27.2 Å². The maximum Gasteiger partial charge on any atom is 0.242 e. The molecule has 24 heavy (non-hydrogen) atoms. The lowest BCUT2D eigenvalue weighted by molar-refractivity contribution is 0.197. The van der Waals surface area contributed by atoms with E-state index in [2.05, 4.69) is 19.2 Å². The first-order chi connectivity index (χ1) is 11.3. The summed E-state index contributed by atoms with van der Waals surface area (Å²) in [4.78, 5) is 0.281. The van der Waals surface area contributed by atoms with Crippen molar-refractivity contribution >= 4 is 10.0 Å². The van der Waals surface area contributed by atoms with Gasteiger partial charge in [-0.15, -0.1) is 0 Å². The van der Waals surface area contributed by atoms with Crippen molar-refractivity contribution in [1.29, 1.82) is 0 Å². The molecule has 1 aromatic carbocycles. The molecule has 3 unspecified atom stereocenters. The SMILES string of the molecule is CC1CCCC(NCCOc2ccc(S(=O)(=O)N(C)C)cc2)C1C. The fourth-order valence-electron chi connectivity index (χ4n) is 3.20. The molecule has 2 rings (SSSR count). The summed E-state index contributed by atoms with van der Waals surface area (Å²) in [5, 5.41) is 3.60. The molecular formula is C18H30N2O3S. The highest BCUT2D eigenvalue weighted by molar-refractivity contribution is 7.89. The van der Waals surface area contributed by atoms with Crippen LogP contribution < -0.4 is 10.1 Å². The van der Waals surface area contributed by atoms with E-state index < -0.39 is 10.0 Å². The highest BCUT2D eigenvalue weighted by Crippen LogP contribution is 2.29. The molecule has 0 aromatic heterocycles. The van der Waals surface area contributed by atoms with E-state index in [1.165, 1.54) is 37.7 Å². The number of nitrogens with one attached hydrogen (secondary N) is 1. The highest BCUT2D eigenvalue weighted by Gasteiger charge is 2.26. The Kier molecular flexibility index (Phi) is 6.66. The fraction of sp³-hybridized carbons (Fsp3) is 0.667. The topological polar surface area (TPSA) is 58.6 Å². The van der Waals surface area contributed by atoms with Gasteiger partial charge in [0.15, 0.2) is 0 Å². The molecule has 0 aliphatic heterocycles. The first-order valence-corrected chi connectivity index (χ1v) is 10.1. The summed E-state index contributed by atoms with van der Waals surface area (Å²) in [5.74, 6) is 2.18. The quantitative estimate of drug-likeness (QED) is 0.765. The molecule has 6 heteroatoms. The molecule has 136 valence electrons. The van der Waals surface area contributed by atoms with Crippen LogP contribution in [0.2, 0.25) is 0 Å². The van der Waals surface area contributed by atoms with Crippen LogP contribution in [0.3, 0.4) is 0 Å². The van der Waals surface area contributed by atoms with E-state index in [-0.39, 0.29) is 4.90 Å². The minimum Gasteiger partial charge on any atom is -0.492 e. The number of sulfonamides is 1. The monoisotopic (exact) mass is 354 g/mol. The van der Waals surface area contributed by atoms with Crippen molar-refractivity contribution in [2.24, 2.45) is 11.8 Å². The van der Waals surface area contributed by atoms with Crippen LogP contribution in [0.15, 0.2) is 29.2 Å². The number of ether oxygens (including phenoxy) is 1. The Hall–Kier alpha value is -1.11. The molecule has 1 aliphatic carbocycles. The zero-order valence-corrected chi connectivity index (χ0v) is 16.0. The molecule has 1 fully saturated rings. The molecule has 5 nitrogen and oxygen atoms in total. The minimum atomic E-state index is -3.38. The van der Waals surface area contributed by atoms with Gasteiger partial charge < -0.3 is 10.1 Å². The molecule has 0 bridgehead atoms. The Balaban J connectivity index is 1.79. The second kappa shape index (κ2) is 8.32. The predicted molar refractivity (Wildman–Crippen MR) is 96.8 cm³/mol. The molecule has 0 saturated heterocycles. The zero-order valence-electron chi connectivity index (χ0n) is 15.2. The van der Waals surface area contributed by atoms with E-state index in [9.17, 15) is 8.42 Å². The van der Waals surface area contributed by atoms with Crippen LogP contribution in [0.1, 0.15) is 33.1 Å². The van der Waals surface area contributed by atoms with Crippen LogP contribution in [0, 0.1) is 11.8 Å². The third-order valence-electron chi connectivity index (χ3n) is 5.09. The Morgan fingerprint density at radius 3 is 2.46 bits per heavy atom. The average Bonchev–Trinajstić information content (AvgIpc) is 2.55. The summed E-state index contributed by atoms with van der Waals surface area (Å²) in [6.45, 7) is 6.04. The van der Waals surface area contributed by atoms with E-state index in [0.29, 0.717) is 24.3 Å². The first kappa shape index (κ1) is 19.2. The van der Waals surface area contributed by atoms with Crippen LogP contribution >= 0.6 is 0 Å². The van der Waals surface area contributed by atoms with E-state index in [4.69, 9.17) is 4.74 Å². The molecule has 0 heterocycles. The van der Waals surface area contributed by atoms with Crippen molar-refractivity contribution in [2.45, 2.75) is 44.0 Å². The number of nitrogens with zero attached hydrogens (tertiary/aromatic N) is 1. The molecule has 3 atom stereocenters. The lowest BCUT2D eigenvalue weighted by atomic mass is 9.78. The summed E-state index contributed by atoms with van der Waals surface area (Å²) in [7, 11) is -0.327. The fourth-order valence-corrected chi connectivity index (χ4v) is 4.10. The summed E-state index contributed by atoms with van der Waals surface area (Å²) >= 11 is 0. The van der Waals surface area contributed by atoms with Crippen molar-refractivity contribution in [1.82, 2.24) is 9.62 Å². The summed E-state index contributed by atoms with van der Waals surface area (Å²) < 4.78 is 30.9. The molecule has 1 aliphatic rings. The largest absolute Gasteiger partial charge is 0.492 e. The standard InChI is InChI=1S/C18H30N2O3S/c1-14-6-5-7-18(15(14)2)19-12-13-23-16-8-10-17(11-9-16)24(21,22)20(3)4/h8-11,14-15,18-19H,5-7,12-13H2,1-4H3. The highest BCUT2D eigenvalue weighted by atomic mass is 32.2. The van der Waals surface area contributed by atoms with Crippen LogP contribution in [0.5, 0.6) is 5.75 Å². The average molecular weight is 355 g/mol. The van der Waals surface area contributed by atoms with E-state index in [1.807, 2.05) is 0 Å². The third kappa shape index (κ3) is 4.71.